The van der Waals surface area contributed by atoms with Gasteiger partial charge in [0, 0.05) is 19.8 Å². The molecule has 108 valence electrons. The first-order valence-electron chi connectivity index (χ1n) is 6.64. The second-order valence-electron chi connectivity index (χ2n) is 5.39. The zero-order valence-electron chi connectivity index (χ0n) is 12.0. The minimum Gasteiger partial charge on any atom is -0.351 e. The van der Waals surface area contributed by atoms with Gasteiger partial charge in [-0.05, 0) is 30.7 Å². The summed E-state index contributed by atoms with van der Waals surface area (Å²) in [7, 11) is 3.38. The third-order valence-electron chi connectivity index (χ3n) is 3.39. The molecule has 0 aromatic carbocycles. The van der Waals surface area contributed by atoms with Gasteiger partial charge in [0.1, 0.15) is 17.1 Å². The molecule has 0 aliphatic heterocycles. The Morgan fingerprint density at radius 1 is 1.45 bits per heavy atom. The number of hydrogen-bond donors (Lipinski definition) is 1. The first kappa shape index (κ1) is 14.8. The zero-order chi connectivity index (χ0) is 14.7. The minimum atomic E-state index is 0.576. The molecule has 0 radical (unpaired) electrons. The van der Waals surface area contributed by atoms with Crippen molar-refractivity contribution in [1.29, 1.82) is 0 Å². The van der Waals surface area contributed by atoms with Gasteiger partial charge in [0.15, 0.2) is 0 Å². The predicted molar refractivity (Wildman–Crippen MR) is 79.8 cm³/mol. The Bertz CT molecular complexity index is 608. The van der Waals surface area contributed by atoms with Crippen LogP contribution in [0.3, 0.4) is 0 Å². The standard InChI is InChI=1S/C11H12ClN3.C3H7NO/c1-6-2-3-8-7(4-6)9-10(12)13-5-14-11(9)15-8;1-4(2)3-5/h5-6H,2-4H2,1H3,(H,13,14,15);3H,1-2H3. The number of nitrogens with one attached hydrogen (secondary N) is 1. The van der Waals surface area contributed by atoms with E-state index >= 15 is 0 Å². The normalized spacial score (nSPS) is 17.1. The molecule has 1 amide bonds. The maximum Gasteiger partial charge on any atom is 0.209 e. The average Bonchev–Trinajstić information content (AvgIpc) is 2.78. The number of H-pyrrole nitrogens is 1. The summed E-state index contributed by atoms with van der Waals surface area (Å²) in [4.78, 5) is 22.5. The van der Waals surface area contributed by atoms with Crippen molar-refractivity contribution in [3.05, 3.63) is 22.7 Å². The summed E-state index contributed by atoms with van der Waals surface area (Å²) in [5, 5.41) is 1.60. The summed E-state index contributed by atoms with van der Waals surface area (Å²) in [6.45, 7) is 2.28. The van der Waals surface area contributed by atoms with Crippen LogP contribution >= 0.6 is 11.6 Å². The van der Waals surface area contributed by atoms with Crippen LogP contribution in [0.2, 0.25) is 5.15 Å². The SMILES string of the molecule is CC1CCc2[nH]c3ncnc(Cl)c3c2C1.CN(C)C=O. The summed E-state index contributed by atoms with van der Waals surface area (Å²) in [6.07, 6.45) is 5.69. The first-order chi connectivity index (χ1) is 9.52. The van der Waals surface area contributed by atoms with E-state index in [-0.39, 0.29) is 0 Å². The molecule has 1 atom stereocenters. The maximum absolute atomic E-state index is 9.43. The number of aromatic nitrogens is 3. The fourth-order valence-corrected chi connectivity index (χ4v) is 2.62. The molecule has 6 heteroatoms. The molecule has 2 heterocycles. The number of nitrogens with zero attached hydrogens (tertiary/aromatic N) is 3. The highest BCUT2D eigenvalue weighted by Gasteiger charge is 2.21. The van der Waals surface area contributed by atoms with E-state index in [9.17, 15) is 4.79 Å². The summed E-state index contributed by atoms with van der Waals surface area (Å²) in [5.41, 5.74) is 3.51. The molecule has 1 unspecified atom stereocenters. The molecule has 1 N–H and O–H groups in total. The number of amides is 1. The van der Waals surface area contributed by atoms with Crippen molar-refractivity contribution in [3.8, 4) is 0 Å². The lowest BCUT2D eigenvalue weighted by atomic mass is 9.88. The smallest absolute Gasteiger partial charge is 0.209 e. The van der Waals surface area contributed by atoms with Gasteiger partial charge < -0.3 is 9.88 Å². The van der Waals surface area contributed by atoms with Gasteiger partial charge in [-0.1, -0.05) is 18.5 Å². The van der Waals surface area contributed by atoms with Gasteiger partial charge in [0.2, 0.25) is 6.41 Å². The second kappa shape index (κ2) is 6.22. The zero-order valence-corrected chi connectivity index (χ0v) is 12.7. The van der Waals surface area contributed by atoms with E-state index in [1.165, 1.54) is 28.9 Å². The van der Waals surface area contributed by atoms with Gasteiger partial charge in [0.05, 0.1) is 5.39 Å². The Labute approximate surface area is 123 Å². The average molecular weight is 295 g/mol. The van der Waals surface area contributed by atoms with Crippen LogP contribution in [0.1, 0.15) is 24.6 Å². The lowest BCUT2D eigenvalue weighted by Crippen LogP contribution is -2.10. The molecule has 1 aliphatic carbocycles. The van der Waals surface area contributed by atoms with Crippen LogP contribution < -0.4 is 0 Å². The van der Waals surface area contributed by atoms with E-state index in [2.05, 4.69) is 21.9 Å². The molecule has 1 aliphatic rings. The Morgan fingerprint density at radius 3 is 2.80 bits per heavy atom. The molecule has 2 aromatic rings. The minimum absolute atomic E-state index is 0.576. The molecular weight excluding hydrogens is 276 g/mol. The molecule has 0 fully saturated rings. The number of aromatic amines is 1. The van der Waals surface area contributed by atoms with Gasteiger partial charge in [0.25, 0.3) is 0 Å². The number of rotatable bonds is 1. The molecule has 5 nitrogen and oxygen atoms in total. The van der Waals surface area contributed by atoms with E-state index < -0.39 is 0 Å². The fourth-order valence-electron chi connectivity index (χ4n) is 2.38. The topological polar surface area (TPSA) is 61.9 Å². The van der Waals surface area contributed by atoms with Gasteiger partial charge >= 0.3 is 0 Å². The van der Waals surface area contributed by atoms with Crippen molar-refractivity contribution in [2.75, 3.05) is 14.1 Å². The highest BCUT2D eigenvalue weighted by molar-refractivity contribution is 6.34. The third-order valence-corrected chi connectivity index (χ3v) is 3.67. The second-order valence-corrected chi connectivity index (χ2v) is 5.75. The molecule has 0 spiro atoms. The highest BCUT2D eigenvalue weighted by atomic mass is 35.5. The summed E-state index contributed by atoms with van der Waals surface area (Å²) in [6, 6.07) is 0. The predicted octanol–water partition coefficient (Wildman–Crippen LogP) is 2.44. The number of aryl methyl sites for hydroxylation is 1. The van der Waals surface area contributed by atoms with Gasteiger partial charge in [-0.2, -0.15) is 0 Å². The molecule has 0 saturated carbocycles. The van der Waals surface area contributed by atoms with E-state index in [0.29, 0.717) is 5.15 Å². The Kier molecular flexibility index (Phi) is 4.60. The summed E-state index contributed by atoms with van der Waals surface area (Å²) < 4.78 is 0. The van der Waals surface area contributed by atoms with Crippen molar-refractivity contribution in [1.82, 2.24) is 19.9 Å². The van der Waals surface area contributed by atoms with Crippen LogP contribution in [0.4, 0.5) is 0 Å². The number of carbonyl (C=O) groups is 1. The quantitative estimate of drug-likeness (QED) is 0.649. The van der Waals surface area contributed by atoms with E-state index in [4.69, 9.17) is 11.6 Å². The van der Waals surface area contributed by atoms with E-state index in [0.717, 1.165) is 36.2 Å². The largest absolute Gasteiger partial charge is 0.351 e. The fraction of sp³-hybridized carbons (Fsp3) is 0.500. The van der Waals surface area contributed by atoms with Crippen LogP contribution in [-0.2, 0) is 17.6 Å². The number of fused-ring (bicyclic) bond motifs is 3. The van der Waals surface area contributed by atoms with Gasteiger partial charge in [-0.3, -0.25) is 4.79 Å². The maximum atomic E-state index is 9.43. The van der Waals surface area contributed by atoms with Gasteiger partial charge in [-0.15, -0.1) is 0 Å². The Balaban J connectivity index is 0.000000257. The van der Waals surface area contributed by atoms with Crippen LogP contribution in [0.15, 0.2) is 6.33 Å². The summed E-state index contributed by atoms with van der Waals surface area (Å²) >= 11 is 6.11. The van der Waals surface area contributed by atoms with Crippen LogP contribution in [0, 0.1) is 5.92 Å². The highest BCUT2D eigenvalue weighted by Crippen LogP contribution is 2.33. The van der Waals surface area contributed by atoms with Crippen molar-refractivity contribution in [2.45, 2.75) is 26.2 Å². The first-order valence-corrected chi connectivity index (χ1v) is 7.02. The van der Waals surface area contributed by atoms with Gasteiger partial charge in [-0.25, -0.2) is 9.97 Å². The third kappa shape index (κ3) is 3.10. The van der Waals surface area contributed by atoms with Crippen LogP contribution in [0.5, 0.6) is 0 Å². The lowest BCUT2D eigenvalue weighted by molar-refractivity contribution is -0.115. The Morgan fingerprint density at radius 2 is 2.15 bits per heavy atom. The number of hydrogen-bond acceptors (Lipinski definition) is 3. The summed E-state index contributed by atoms with van der Waals surface area (Å²) in [5.74, 6) is 0.729. The van der Waals surface area contributed by atoms with E-state index in [1.54, 1.807) is 14.1 Å². The molecule has 0 bridgehead atoms. The molecule has 0 saturated heterocycles. The van der Waals surface area contributed by atoms with Crippen LogP contribution in [-0.4, -0.2) is 40.4 Å². The molecule has 2 aromatic heterocycles. The lowest BCUT2D eigenvalue weighted by Gasteiger charge is -2.17. The molecule has 20 heavy (non-hydrogen) atoms. The van der Waals surface area contributed by atoms with Crippen molar-refractivity contribution < 1.29 is 4.79 Å². The number of halogens is 1. The van der Waals surface area contributed by atoms with Crippen LogP contribution in [0.25, 0.3) is 11.0 Å². The van der Waals surface area contributed by atoms with E-state index in [1.807, 2.05) is 0 Å². The van der Waals surface area contributed by atoms with Crippen molar-refractivity contribution in [2.24, 2.45) is 5.92 Å². The Hall–Kier alpha value is -1.62. The van der Waals surface area contributed by atoms with Crippen molar-refractivity contribution >= 4 is 29.0 Å². The van der Waals surface area contributed by atoms with Crippen molar-refractivity contribution in [3.63, 3.8) is 0 Å². The number of carbonyl (C=O) groups excluding carboxylic acids is 1. The molecular formula is C14H19ClN4O. The molecule has 3 rings (SSSR count). The monoisotopic (exact) mass is 294 g/mol.